The van der Waals surface area contributed by atoms with Gasteiger partial charge in [-0.25, -0.2) is 9.59 Å². The number of hydrogen-bond donors (Lipinski definition) is 4. The van der Waals surface area contributed by atoms with Gasteiger partial charge in [-0.05, 0) is 69.2 Å². The van der Waals surface area contributed by atoms with Crippen LogP contribution in [0.15, 0.2) is 84.9 Å². The molecule has 3 unspecified atom stereocenters. The Hall–Kier alpha value is -5.16. The van der Waals surface area contributed by atoms with Crippen molar-refractivity contribution in [3.63, 3.8) is 0 Å². The van der Waals surface area contributed by atoms with E-state index in [-0.39, 0.29) is 17.1 Å². The summed E-state index contributed by atoms with van der Waals surface area (Å²) in [5.41, 5.74) is -7.59. The summed E-state index contributed by atoms with van der Waals surface area (Å²) in [5, 5.41) is 39.9. The monoisotopic (exact) mass is 844 g/mol. The first-order valence-corrected chi connectivity index (χ1v) is 19.8. The summed E-state index contributed by atoms with van der Waals surface area (Å²) in [6, 6.07) is 20.1. The van der Waals surface area contributed by atoms with E-state index < -0.39 is 58.6 Å². The number of ether oxygens (including phenoxy) is 1. The van der Waals surface area contributed by atoms with E-state index in [0.717, 1.165) is 88.1 Å². The fraction of sp³-hybridized carbons (Fsp3) is 0.477. The zero-order valence-corrected chi connectivity index (χ0v) is 33.8. The number of carbonyl (C=O) groups excluding carboxylic acids is 3. The molecule has 5 rings (SSSR count). The van der Waals surface area contributed by atoms with Crippen LogP contribution >= 0.6 is 0 Å². The van der Waals surface area contributed by atoms with E-state index in [2.05, 4.69) is 23.6 Å². The third-order valence-electron chi connectivity index (χ3n) is 11.1. The molecular weight excluding hydrogens is 789 g/mol. The number of hydrogen-bond acceptors (Lipinski definition) is 9. The SMILES string of the molecule is CCN(CC1CCN(C(=O)C2CCCCC2)CC1)C(C)Cc1ccc(OCC(F)(F)F)cc1.O.O=C(O)C(O)(C(=O)c1ccccc1)C(O)(C(=O)O)C(=O)c1ccccc1. The van der Waals surface area contributed by atoms with Crippen molar-refractivity contribution >= 4 is 29.4 Å². The topological polar surface area (TPSA) is 213 Å². The van der Waals surface area contributed by atoms with Crippen LogP contribution in [0.3, 0.4) is 0 Å². The largest absolute Gasteiger partial charge is 0.484 e. The van der Waals surface area contributed by atoms with Crippen LogP contribution in [0.25, 0.3) is 0 Å². The molecule has 1 saturated heterocycles. The van der Waals surface area contributed by atoms with Gasteiger partial charge in [0.25, 0.3) is 11.2 Å². The number of Topliss-reactive ketones (excluding diaryl/α,β-unsaturated/α-hetero) is 2. The summed E-state index contributed by atoms with van der Waals surface area (Å²) >= 11 is 0. The molecule has 13 nitrogen and oxygen atoms in total. The minimum absolute atomic E-state index is 0. The number of piperidine rings is 1. The van der Waals surface area contributed by atoms with Gasteiger partial charge in [-0.3, -0.25) is 14.4 Å². The third-order valence-corrected chi connectivity index (χ3v) is 11.1. The fourth-order valence-electron chi connectivity index (χ4n) is 7.68. The van der Waals surface area contributed by atoms with Gasteiger partial charge in [0, 0.05) is 42.7 Å². The van der Waals surface area contributed by atoms with Crippen LogP contribution in [-0.4, -0.2) is 121 Å². The Morgan fingerprint density at radius 1 is 0.750 bits per heavy atom. The van der Waals surface area contributed by atoms with Gasteiger partial charge in [-0.1, -0.05) is 99.0 Å². The van der Waals surface area contributed by atoms with Crippen LogP contribution in [0.1, 0.15) is 85.1 Å². The van der Waals surface area contributed by atoms with E-state index in [1.807, 2.05) is 12.1 Å². The highest BCUT2D eigenvalue weighted by Crippen LogP contribution is 2.32. The van der Waals surface area contributed by atoms with Crippen LogP contribution in [0.4, 0.5) is 13.2 Å². The second-order valence-corrected chi connectivity index (χ2v) is 15.2. The van der Waals surface area contributed by atoms with Crippen molar-refractivity contribution in [2.24, 2.45) is 11.8 Å². The molecular formula is C44H55F3N2O11. The number of alkyl halides is 3. The number of nitrogens with zero attached hydrogens (tertiary/aromatic N) is 2. The zero-order chi connectivity index (χ0) is 43.4. The van der Waals surface area contributed by atoms with Gasteiger partial charge in [0.2, 0.25) is 17.5 Å². The van der Waals surface area contributed by atoms with Crippen LogP contribution < -0.4 is 4.74 Å². The van der Waals surface area contributed by atoms with Crippen molar-refractivity contribution in [2.45, 2.75) is 88.6 Å². The van der Waals surface area contributed by atoms with E-state index in [4.69, 9.17) is 4.74 Å². The molecule has 1 saturated carbocycles. The highest BCUT2D eigenvalue weighted by Gasteiger charge is 2.69. The number of carbonyl (C=O) groups is 5. The second kappa shape index (κ2) is 21.9. The number of rotatable bonds is 16. The van der Waals surface area contributed by atoms with Crippen molar-refractivity contribution in [3.05, 3.63) is 102 Å². The normalized spacial score (nSPS) is 17.4. The van der Waals surface area contributed by atoms with Crippen molar-refractivity contribution < 1.29 is 67.8 Å². The van der Waals surface area contributed by atoms with Crippen molar-refractivity contribution in [1.29, 1.82) is 0 Å². The predicted octanol–water partition coefficient (Wildman–Crippen LogP) is 5.26. The first-order valence-electron chi connectivity index (χ1n) is 19.8. The molecule has 2 fully saturated rings. The molecule has 1 aliphatic carbocycles. The van der Waals surface area contributed by atoms with Gasteiger partial charge < -0.3 is 40.4 Å². The van der Waals surface area contributed by atoms with Crippen LogP contribution in [-0.2, 0) is 20.8 Å². The second-order valence-electron chi connectivity index (χ2n) is 15.2. The molecule has 2 aliphatic rings. The summed E-state index contributed by atoms with van der Waals surface area (Å²) < 4.78 is 41.7. The molecule has 0 spiro atoms. The molecule has 3 aromatic carbocycles. The maximum atomic E-state index is 12.8. The number of likely N-dealkylation sites (tertiary alicyclic amines) is 1. The lowest BCUT2D eigenvalue weighted by Gasteiger charge is -2.38. The van der Waals surface area contributed by atoms with Crippen molar-refractivity contribution in [2.75, 3.05) is 32.8 Å². The van der Waals surface area contributed by atoms with E-state index in [1.54, 1.807) is 12.1 Å². The van der Waals surface area contributed by atoms with Crippen LogP contribution in [0.5, 0.6) is 5.75 Å². The molecule has 328 valence electrons. The van der Waals surface area contributed by atoms with Crippen molar-refractivity contribution in [3.8, 4) is 5.75 Å². The van der Waals surface area contributed by atoms with Crippen molar-refractivity contribution in [1.82, 2.24) is 9.80 Å². The number of aliphatic carboxylic acids is 2. The first-order chi connectivity index (χ1) is 27.9. The maximum absolute atomic E-state index is 12.8. The lowest BCUT2D eigenvalue weighted by molar-refractivity contribution is -0.187. The van der Waals surface area contributed by atoms with E-state index in [9.17, 15) is 57.6 Å². The number of amides is 1. The minimum atomic E-state index is -4.33. The molecule has 0 aromatic heterocycles. The molecule has 1 heterocycles. The zero-order valence-electron chi connectivity index (χ0n) is 33.8. The highest BCUT2D eigenvalue weighted by atomic mass is 19.4. The van der Waals surface area contributed by atoms with Gasteiger partial charge in [0.15, 0.2) is 6.61 Å². The fourth-order valence-corrected chi connectivity index (χ4v) is 7.68. The molecule has 0 radical (unpaired) electrons. The number of carboxylic acids is 2. The van der Waals surface area contributed by atoms with Gasteiger partial charge in [0.05, 0.1) is 0 Å². The Kier molecular flexibility index (Phi) is 18.0. The number of carboxylic acid groups (broad SMARTS) is 2. The minimum Gasteiger partial charge on any atom is -0.484 e. The van der Waals surface area contributed by atoms with Crippen LogP contribution in [0, 0.1) is 11.8 Å². The highest BCUT2D eigenvalue weighted by molar-refractivity contribution is 6.28. The van der Waals surface area contributed by atoms with E-state index in [0.29, 0.717) is 17.9 Å². The molecule has 16 heteroatoms. The smallest absolute Gasteiger partial charge is 0.422 e. The molecule has 1 amide bonds. The Balaban J connectivity index is 0.000000324. The maximum Gasteiger partial charge on any atom is 0.422 e. The Morgan fingerprint density at radius 2 is 1.22 bits per heavy atom. The van der Waals surface area contributed by atoms with Gasteiger partial charge in [-0.2, -0.15) is 13.2 Å². The summed E-state index contributed by atoms with van der Waals surface area (Å²) in [6.07, 6.45) is 4.43. The number of halogens is 3. The predicted molar refractivity (Wildman–Crippen MR) is 215 cm³/mol. The quantitative estimate of drug-likeness (QED) is 0.108. The molecule has 1 aliphatic heterocycles. The lowest BCUT2D eigenvalue weighted by Crippen LogP contribution is -2.71. The summed E-state index contributed by atoms with van der Waals surface area (Å²) in [4.78, 5) is 65.9. The number of ketones is 2. The van der Waals surface area contributed by atoms with Gasteiger partial charge >= 0.3 is 18.1 Å². The Morgan fingerprint density at radius 3 is 1.63 bits per heavy atom. The van der Waals surface area contributed by atoms with Crippen LogP contribution in [0.2, 0.25) is 0 Å². The van der Waals surface area contributed by atoms with E-state index >= 15 is 0 Å². The van der Waals surface area contributed by atoms with E-state index in [1.165, 1.54) is 55.7 Å². The Bertz CT molecular complexity index is 1790. The third kappa shape index (κ3) is 12.2. The Labute approximate surface area is 347 Å². The summed E-state index contributed by atoms with van der Waals surface area (Å²) in [7, 11) is 0. The van der Waals surface area contributed by atoms with Gasteiger partial charge in [0.1, 0.15) is 5.75 Å². The average Bonchev–Trinajstić information content (AvgIpc) is 3.24. The molecule has 6 N–H and O–H groups in total. The molecule has 3 aromatic rings. The lowest BCUT2D eigenvalue weighted by atomic mass is 9.73. The molecule has 3 atom stereocenters. The number of benzene rings is 3. The number of likely N-dealkylation sites (N-methyl/N-ethyl adjacent to an activating group) is 1. The average molecular weight is 845 g/mol. The first kappa shape index (κ1) is 49.2. The summed E-state index contributed by atoms with van der Waals surface area (Å²) in [5.74, 6) is -6.54. The standard InChI is InChI=1S/C26H39F3N2O2.C18H14O8.H2O/c1-3-30(20(2)17-21-9-11-24(12-10-21)33-19-26(27,28)29)18-22-13-15-31(16-14-22)25(32)23-7-5-4-6-8-23;19-13(11-7-3-1-4-8-11)17(25,15(21)22)18(26,16(23)24)14(20)12-9-5-2-6-10-12;/h9-12,20,22-23H,3-8,13-19H2,1-2H3;1-10,25-26H,(H,21,22)(H,23,24);1H2. The molecule has 0 bridgehead atoms. The number of aliphatic hydroxyl groups is 2. The summed E-state index contributed by atoms with van der Waals surface area (Å²) in [6.45, 7) is 6.85. The molecule has 60 heavy (non-hydrogen) atoms. The van der Waals surface area contributed by atoms with Gasteiger partial charge in [-0.15, -0.1) is 0 Å².